The van der Waals surface area contributed by atoms with E-state index in [-0.39, 0.29) is 58.6 Å². The summed E-state index contributed by atoms with van der Waals surface area (Å²) >= 11 is 6.89. The smallest absolute Gasteiger partial charge is 0.407 e. The van der Waals surface area contributed by atoms with Crippen molar-refractivity contribution in [2.24, 2.45) is 23.7 Å². The van der Waals surface area contributed by atoms with Crippen molar-refractivity contribution in [3.8, 4) is 45.1 Å². The molecule has 16 nitrogen and oxygen atoms in total. The highest BCUT2D eigenvalue weighted by Gasteiger charge is 2.43. The molecular weight excluding hydrogens is 840 g/mol. The molecule has 2 saturated heterocycles. The largest absolute Gasteiger partial charge is 0.488 e. The number of aromatic amines is 2. The fourth-order valence-corrected chi connectivity index (χ4v) is 9.99. The first-order chi connectivity index (χ1) is 30.5. The topological polar surface area (TPSA) is 193 Å². The van der Waals surface area contributed by atoms with Gasteiger partial charge in [0.2, 0.25) is 11.8 Å². The molecule has 0 unspecified atom stereocenters. The molecule has 0 saturated carbocycles. The number of nitrogens with one attached hydrogen (secondary N) is 4. The number of hydrogen-bond donors (Lipinski definition) is 4. The maximum atomic E-state index is 14.1. The molecule has 0 radical (unpaired) electrons. The van der Waals surface area contributed by atoms with Crippen LogP contribution in [0.3, 0.4) is 0 Å². The van der Waals surface area contributed by atoms with Gasteiger partial charge in [0.05, 0.1) is 43.4 Å². The molecule has 8 rings (SSSR count). The molecule has 6 heterocycles. The quantitative estimate of drug-likeness (QED) is 0.114. The number of benzene rings is 2. The SMILES string of the molecule is COC(=O)N[C@H](C(=O)N1C[C@H](C)C[C@H]1c1nc(Cl)c(-c2cc3c4c(c2)OCc2cc(-c5[nH]c([C@@H]6C[C@@H](C)CN6C(=O)[C@@H](NC(=O)OC)C(C)C)nc5C(C)C)cc(c2-4)OC3)[nH]1)C(C)C. The Kier molecular flexibility index (Phi) is 12.4. The number of ether oxygens (including phenoxy) is 4. The molecule has 0 spiro atoms. The second-order valence-electron chi connectivity index (χ2n) is 18.8. The highest BCUT2D eigenvalue weighted by atomic mass is 35.5. The van der Waals surface area contributed by atoms with Gasteiger partial charge in [-0.05, 0) is 66.7 Å². The Hall–Kier alpha value is -5.77. The van der Waals surface area contributed by atoms with E-state index in [9.17, 15) is 19.2 Å². The summed E-state index contributed by atoms with van der Waals surface area (Å²) in [5.74, 6) is 2.54. The van der Waals surface area contributed by atoms with Crippen LogP contribution in [0, 0.1) is 23.7 Å². The van der Waals surface area contributed by atoms with E-state index in [4.69, 9.17) is 40.5 Å². The molecule has 6 atom stereocenters. The number of likely N-dealkylation sites (tertiary alicyclic amines) is 2. The minimum Gasteiger partial charge on any atom is -0.488 e. The summed E-state index contributed by atoms with van der Waals surface area (Å²) in [6, 6.07) is 6.03. The van der Waals surface area contributed by atoms with Gasteiger partial charge in [0.1, 0.15) is 48.4 Å². The summed E-state index contributed by atoms with van der Waals surface area (Å²) in [6.07, 6.45) is 0.106. The summed E-state index contributed by atoms with van der Waals surface area (Å²) in [7, 11) is 2.57. The number of hydrogen-bond acceptors (Lipinski definition) is 10. The Balaban J connectivity index is 1.09. The lowest BCUT2D eigenvalue weighted by molar-refractivity contribution is -0.136. The highest BCUT2D eigenvalue weighted by molar-refractivity contribution is 6.32. The lowest BCUT2D eigenvalue weighted by atomic mass is 9.87. The number of halogens is 1. The Morgan fingerprint density at radius 1 is 0.703 bits per heavy atom. The Bertz CT molecular complexity index is 2430. The van der Waals surface area contributed by atoms with Crippen molar-refractivity contribution in [2.75, 3.05) is 27.3 Å². The lowest BCUT2D eigenvalue weighted by Crippen LogP contribution is -2.51. The summed E-state index contributed by atoms with van der Waals surface area (Å²) in [6.45, 7) is 17.7. The van der Waals surface area contributed by atoms with Gasteiger partial charge in [-0.1, -0.05) is 67.0 Å². The van der Waals surface area contributed by atoms with E-state index in [2.05, 4.69) is 60.4 Å². The van der Waals surface area contributed by atoms with Crippen molar-refractivity contribution < 1.29 is 38.1 Å². The summed E-state index contributed by atoms with van der Waals surface area (Å²) in [5.41, 5.74) is 7.91. The van der Waals surface area contributed by atoms with E-state index in [1.165, 1.54) is 14.2 Å². The van der Waals surface area contributed by atoms with Crippen LogP contribution in [0.4, 0.5) is 9.59 Å². The molecule has 4 amide bonds. The number of methoxy groups -OCH3 is 2. The fraction of sp³-hybridized carbons (Fsp3) is 0.532. The molecule has 4 N–H and O–H groups in total. The summed E-state index contributed by atoms with van der Waals surface area (Å²) < 4.78 is 22.7. The van der Waals surface area contributed by atoms with Crippen LogP contribution in [0.2, 0.25) is 5.15 Å². The predicted molar refractivity (Wildman–Crippen MR) is 240 cm³/mol. The molecule has 4 aliphatic heterocycles. The number of imidazole rings is 2. The number of nitrogens with zero attached hydrogens (tertiary/aromatic N) is 4. The average molecular weight is 899 g/mol. The van der Waals surface area contributed by atoms with Gasteiger partial charge in [-0.3, -0.25) is 9.59 Å². The van der Waals surface area contributed by atoms with Crippen molar-refractivity contribution in [2.45, 2.75) is 112 Å². The van der Waals surface area contributed by atoms with Crippen LogP contribution in [0.15, 0.2) is 24.3 Å². The first kappa shape index (κ1) is 44.8. The molecule has 0 aliphatic carbocycles. The molecule has 4 aliphatic rings. The monoisotopic (exact) mass is 898 g/mol. The highest BCUT2D eigenvalue weighted by Crippen LogP contribution is 2.52. The van der Waals surface area contributed by atoms with Gasteiger partial charge >= 0.3 is 12.2 Å². The van der Waals surface area contributed by atoms with Crippen LogP contribution >= 0.6 is 11.6 Å². The molecule has 0 bridgehead atoms. The van der Waals surface area contributed by atoms with Crippen molar-refractivity contribution in [3.05, 3.63) is 57.9 Å². The Morgan fingerprint density at radius 2 is 1.14 bits per heavy atom. The van der Waals surface area contributed by atoms with E-state index >= 15 is 0 Å². The van der Waals surface area contributed by atoms with Gasteiger partial charge < -0.3 is 49.3 Å². The second-order valence-corrected chi connectivity index (χ2v) is 19.2. The number of aromatic nitrogens is 4. The molecular formula is C47H59ClN8O8. The van der Waals surface area contributed by atoms with Gasteiger partial charge in [0.15, 0.2) is 5.15 Å². The van der Waals surface area contributed by atoms with Crippen molar-refractivity contribution in [3.63, 3.8) is 0 Å². The first-order valence-electron chi connectivity index (χ1n) is 22.2. The third-order valence-electron chi connectivity index (χ3n) is 12.9. The van der Waals surface area contributed by atoms with Gasteiger partial charge in [-0.15, -0.1) is 0 Å². The van der Waals surface area contributed by atoms with E-state index in [0.29, 0.717) is 55.8 Å². The minimum absolute atomic E-state index is 0.0682. The van der Waals surface area contributed by atoms with Gasteiger partial charge in [0, 0.05) is 46.5 Å². The first-order valence-corrected chi connectivity index (χ1v) is 22.6. The predicted octanol–water partition coefficient (Wildman–Crippen LogP) is 8.28. The standard InChI is InChI=1S/C47H59ClN8O8/c1-21(2)36-39(50-42(49-36)30-11-24(7)17-55(30)44(57)37(22(3)4)52-46(59)61-9)26-13-28-19-64-33-16-27(14-29-20-63-32(15-26)34(28)35(29)33)40-41(48)54-43(51-40)31-12-25(8)18-56(31)45(58)38(23(5)6)53-47(60)62-10/h13-16,21-25,30-31,37-38H,11-12,17-20H2,1-10H3,(H,49,50)(H,51,54)(H,52,59)(H,53,60)/t24-,25-,30+,31+,37+,38+/m1/s1. The zero-order valence-corrected chi connectivity index (χ0v) is 38.9. The van der Waals surface area contributed by atoms with Crippen LogP contribution in [-0.2, 0) is 32.3 Å². The van der Waals surface area contributed by atoms with Crippen molar-refractivity contribution in [1.29, 1.82) is 0 Å². The zero-order chi connectivity index (χ0) is 45.9. The maximum Gasteiger partial charge on any atom is 0.407 e. The third kappa shape index (κ3) is 8.25. The molecule has 2 fully saturated rings. The Labute approximate surface area is 378 Å². The molecule has 2 aromatic carbocycles. The van der Waals surface area contributed by atoms with E-state index in [1.54, 1.807) is 4.90 Å². The number of amides is 4. The zero-order valence-electron chi connectivity index (χ0n) is 38.2. The summed E-state index contributed by atoms with van der Waals surface area (Å²) in [4.78, 5) is 73.0. The van der Waals surface area contributed by atoms with E-state index < -0.39 is 24.3 Å². The number of carbonyl (C=O) groups excluding carboxylic acids is 4. The number of carbonyl (C=O) groups is 4. The van der Waals surface area contributed by atoms with E-state index in [1.807, 2.05) is 44.7 Å². The van der Waals surface area contributed by atoms with Crippen LogP contribution in [-0.4, -0.2) is 93.1 Å². The van der Waals surface area contributed by atoms with Crippen molar-refractivity contribution in [1.82, 2.24) is 40.4 Å². The van der Waals surface area contributed by atoms with Gasteiger partial charge in [0.25, 0.3) is 0 Å². The number of alkyl carbamates (subject to hydrolysis) is 2. The average Bonchev–Trinajstić information content (AvgIpc) is 4.07. The maximum absolute atomic E-state index is 14.1. The molecule has 342 valence electrons. The van der Waals surface area contributed by atoms with Gasteiger partial charge in [-0.25, -0.2) is 19.6 Å². The van der Waals surface area contributed by atoms with Crippen LogP contribution in [0.25, 0.3) is 33.6 Å². The van der Waals surface area contributed by atoms with Crippen LogP contribution in [0.1, 0.15) is 115 Å². The summed E-state index contributed by atoms with van der Waals surface area (Å²) in [5, 5.41) is 5.73. The molecule has 2 aromatic heterocycles. The van der Waals surface area contributed by atoms with Crippen molar-refractivity contribution >= 4 is 35.6 Å². The number of H-pyrrole nitrogens is 2. The molecule has 4 aromatic rings. The molecule has 17 heteroatoms. The Morgan fingerprint density at radius 3 is 1.58 bits per heavy atom. The second kappa shape index (κ2) is 17.7. The lowest BCUT2D eigenvalue weighted by Gasteiger charge is -2.30. The third-order valence-corrected chi connectivity index (χ3v) is 13.2. The van der Waals surface area contributed by atoms with E-state index in [0.717, 1.165) is 56.9 Å². The number of rotatable bonds is 11. The van der Waals surface area contributed by atoms with Crippen LogP contribution < -0.4 is 20.1 Å². The molecule has 64 heavy (non-hydrogen) atoms. The minimum atomic E-state index is -0.764. The fourth-order valence-electron chi connectivity index (χ4n) is 9.74. The van der Waals surface area contributed by atoms with Crippen LogP contribution in [0.5, 0.6) is 11.5 Å². The normalized spacial score (nSPS) is 20.8. The van der Waals surface area contributed by atoms with Gasteiger partial charge in [-0.2, -0.15) is 0 Å².